The second-order valence-electron chi connectivity index (χ2n) is 10.5. The van der Waals surface area contributed by atoms with Crippen molar-refractivity contribution in [2.45, 2.75) is 69.7 Å². The number of epoxide rings is 1. The molecule has 0 bridgehead atoms. The first-order chi connectivity index (χ1) is 13.5. The number of hydrogen-bond acceptors (Lipinski definition) is 1. The van der Waals surface area contributed by atoms with Crippen molar-refractivity contribution in [2.75, 3.05) is 0 Å². The molecule has 5 atom stereocenters. The third-order valence-corrected chi connectivity index (χ3v) is 14.4. The van der Waals surface area contributed by atoms with E-state index in [2.05, 4.69) is 81.4 Å². The van der Waals surface area contributed by atoms with Gasteiger partial charge in [-0.15, -0.1) is 0 Å². The van der Waals surface area contributed by atoms with Crippen molar-refractivity contribution < 1.29 is 4.74 Å². The summed E-state index contributed by atoms with van der Waals surface area (Å²) in [5.41, 5.74) is 0. The molecule has 1 heterocycles. The summed E-state index contributed by atoms with van der Waals surface area (Å²) >= 11 is 0. The van der Waals surface area contributed by atoms with Crippen LogP contribution in [0.4, 0.5) is 0 Å². The van der Waals surface area contributed by atoms with Gasteiger partial charge in [0, 0.05) is 0 Å². The molecule has 0 spiro atoms. The van der Waals surface area contributed by atoms with Crippen LogP contribution in [0.2, 0.25) is 11.1 Å². The Hall–Kier alpha value is -1.38. The lowest BCUT2D eigenvalue weighted by molar-refractivity contribution is 0.352. The summed E-state index contributed by atoms with van der Waals surface area (Å²) in [6.07, 6.45) is 6.63. The van der Waals surface area contributed by atoms with Crippen molar-refractivity contribution in [1.82, 2.24) is 0 Å². The summed E-state index contributed by atoms with van der Waals surface area (Å²) in [7, 11) is -1.91. The molecule has 1 saturated heterocycles. The lowest BCUT2D eigenvalue weighted by Crippen LogP contribution is -2.64. The molecule has 0 amide bonds. The minimum atomic E-state index is -1.91. The maximum absolute atomic E-state index is 5.84. The third kappa shape index (κ3) is 3.09. The van der Waals surface area contributed by atoms with Crippen molar-refractivity contribution in [1.29, 1.82) is 0 Å². The van der Waals surface area contributed by atoms with E-state index in [1.54, 1.807) is 10.4 Å². The molecule has 2 aromatic carbocycles. The van der Waals surface area contributed by atoms with Crippen LogP contribution in [0.15, 0.2) is 60.7 Å². The molecule has 2 aliphatic carbocycles. The summed E-state index contributed by atoms with van der Waals surface area (Å²) in [5.74, 6) is 2.82. The second-order valence-corrected chi connectivity index (χ2v) is 15.3. The Kier molecular flexibility index (Phi) is 4.56. The number of rotatable bonds is 4. The van der Waals surface area contributed by atoms with Gasteiger partial charge >= 0.3 is 0 Å². The van der Waals surface area contributed by atoms with Gasteiger partial charge in [0.15, 0.2) is 0 Å². The van der Waals surface area contributed by atoms with Crippen LogP contribution in [-0.4, -0.2) is 20.3 Å². The van der Waals surface area contributed by atoms with Gasteiger partial charge in [0.25, 0.3) is 0 Å². The zero-order valence-electron chi connectivity index (χ0n) is 17.6. The van der Waals surface area contributed by atoms with Gasteiger partial charge in [-0.25, -0.2) is 0 Å². The summed E-state index contributed by atoms with van der Waals surface area (Å²) in [5, 5.41) is 3.54. The SMILES string of the molecule is CC(C)(C)[Si](CC1[C@H]2CC[C@@H]3O[C@@H]3CC[C@@H]12)(c1ccccc1)c1ccccc1. The molecule has 0 radical (unpaired) electrons. The van der Waals surface area contributed by atoms with E-state index < -0.39 is 8.07 Å². The van der Waals surface area contributed by atoms with E-state index in [0.29, 0.717) is 17.2 Å². The van der Waals surface area contributed by atoms with Gasteiger partial charge in [-0.05, 0) is 54.5 Å². The van der Waals surface area contributed by atoms with E-state index in [0.717, 1.165) is 17.8 Å². The van der Waals surface area contributed by atoms with E-state index in [1.807, 2.05) is 0 Å². The van der Waals surface area contributed by atoms with Crippen LogP contribution in [0.25, 0.3) is 0 Å². The van der Waals surface area contributed by atoms with E-state index in [9.17, 15) is 0 Å². The second kappa shape index (κ2) is 6.85. The van der Waals surface area contributed by atoms with Crippen LogP contribution in [0.1, 0.15) is 46.5 Å². The molecule has 3 fully saturated rings. The summed E-state index contributed by atoms with van der Waals surface area (Å²) in [6.45, 7) is 7.52. The van der Waals surface area contributed by atoms with E-state index in [-0.39, 0.29) is 0 Å². The van der Waals surface area contributed by atoms with Crippen LogP contribution in [0.3, 0.4) is 0 Å². The first-order valence-electron chi connectivity index (χ1n) is 11.3. The fraction of sp³-hybridized carbons (Fsp3) is 0.538. The van der Waals surface area contributed by atoms with Gasteiger partial charge in [-0.3, -0.25) is 0 Å². The molecular formula is C26H34OSi. The Labute approximate surface area is 171 Å². The summed E-state index contributed by atoms with van der Waals surface area (Å²) < 4.78 is 5.84. The molecule has 2 saturated carbocycles. The lowest BCUT2D eigenvalue weighted by Gasteiger charge is -2.45. The normalized spacial score (nSPS) is 31.9. The molecule has 148 valence electrons. The third-order valence-electron chi connectivity index (χ3n) is 8.12. The Balaban J connectivity index is 1.53. The zero-order chi connectivity index (χ0) is 19.4. The molecule has 0 aromatic heterocycles. The molecule has 1 unspecified atom stereocenters. The molecule has 0 N–H and O–H groups in total. The minimum Gasteiger partial charge on any atom is -0.370 e. The van der Waals surface area contributed by atoms with Crippen molar-refractivity contribution in [3.05, 3.63) is 60.7 Å². The molecule has 2 aromatic rings. The van der Waals surface area contributed by atoms with Crippen LogP contribution in [-0.2, 0) is 4.74 Å². The zero-order valence-corrected chi connectivity index (χ0v) is 18.6. The Morgan fingerprint density at radius 2 is 1.21 bits per heavy atom. The van der Waals surface area contributed by atoms with Gasteiger partial charge in [0.05, 0.1) is 12.2 Å². The summed E-state index contributed by atoms with van der Waals surface area (Å²) in [4.78, 5) is 0. The predicted molar refractivity (Wildman–Crippen MR) is 120 cm³/mol. The topological polar surface area (TPSA) is 12.5 Å². The minimum absolute atomic E-state index is 0.291. The molecule has 1 aliphatic heterocycles. The average Bonchev–Trinajstić information content (AvgIpc) is 3.57. The highest BCUT2D eigenvalue weighted by molar-refractivity contribution is 7.04. The number of hydrogen-bond donors (Lipinski definition) is 0. The highest BCUT2D eigenvalue weighted by Crippen LogP contribution is 2.60. The largest absolute Gasteiger partial charge is 0.370 e. The van der Waals surface area contributed by atoms with E-state index in [4.69, 9.17) is 4.74 Å². The van der Waals surface area contributed by atoms with Crippen molar-refractivity contribution in [2.24, 2.45) is 17.8 Å². The number of benzene rings is 2. The van der Waals surface area contributed by atoms with Gasteiger partial charge in [-0.2, -0.15) is 0 Å². The van der Waals surface area contributed by atoms with Crippen LogP contribution >= 0.6 is 0 Å². The van der Waals surface area contributed by atoms with Gasteiger partial charge < -0.3 is 4.74 Å². The fourth-order valence-electron chi connectivity index (χ4n) is 6.46. The average molecular weight is 391 g/mol. The van der Waals surface area contributed by atoms with Crippen LogP contribution in [0, 0.1) is 17.8 Å². The van der Waals surface area contributed by atoms with Gasteiger partial charge in [-0.1, -0.05) is 91.8 Å². The standard InChI is InChI=1S/C26H34OSi/c1-26(2,3)28(19-10-6-4-7-11-19,20-12-8-5-9-13-20)18-23-21-14-16-24-25(27-24)17-15-22(21)23/h4-13,21-25H,14-18H2,1-3H3/t21-,22+,23?,24-,25+. The van der Waals surface area contributed by atoms with Crippen molar-refractivity contribution >= 4 is 18.4 Å². The first-order valence-corrected chi connectivity index (χ1v) is 13.5. The summed E-state index contributed by atoms with van der Waals surface area (Å²) in [6, 6.07) is 24.5. The van der Waals surface area contributed by atoms with Crippen LogP contribution < -0.4 is 10.4 Å². The molecule has 2 heteroatoms. The van der Waals surface area contributed by atoms with E-state index in [1.165, 1.54) is 31.7 Å². The van der Waals surface area contributed by atoms with E-state index >= 15 is 0 Å². The quantitative estimate of drug-likeness (QED) is 0.513. The monoisotopic (exact) mass is 390 g/mol. The van der Waals surface area contributed by atoms with Crippen molar-refractivity contribution in [3.8, 4) is 0 Å². The molecule has 5 rings (SSSR count). The predicted octanol–water partition coefficient (Wildman–Crippen LogP) is 5.25. The molecule has 28 heavy (non-hydrogen) atoms. The van der Waals surface area contributed by atoms with Crippen LogP contribution in [0.5, 0.6) is 0 Å². The van der Waals surface area contributed by atoms with Gasteiger partial charge in [0.2, 0.25) is 0 Å². The number of ether oxygens (including phenoxy) is 1. The Morgan fingerprint density at radius 1 is 0.750 bits per heavy atom. The Bertz CT molecular complexity index is 752. The fourth-order valence-corrected chi connectivity index (χ4v) is 12.4. The van der Waals surface area contributed by atoms with Crippen molar-refractivity contribution in [3.63, 3.8) is 0 Å². The first kappa shape index (κ1) is 18.6. The molecule has 1 nitrogen and oxygen atoms in total. The Morgan fingerprint density at radius 3 is 1.64 bits per heavy atom. The molecule has 3 aliphatic rings. The highest BCUT2D eigenvalue weighted by Gasteiger charge is 2.58. The van der Waals surface area contributed by atoms with Gasteiger partial charge in [0.1, 0.15) is 8.07 Å². The smallest absolute Gasteiger partial charge is 0.123 e. The lowest BCUT2D eigenvalue weighted by atomic mass is 10.0. The number of fused-ring (bicyclic) bond motifs is 2. The molecular weight excluding hydrogens is 356 g/mol. The maximum atomic E-state index is 5.84. The highest BCUT2D eigenvalue weighted by atomic mass is 28.3. The maximum Gasteiger partial charge on any atom is 0.123 e.